The van der Waals surface area contributed by atoms with E-state index < -0.39 is 0 Å². The number of carbonyl (C=O) groups excluding carboxylic acids is 1. The molecule has 1 amide bonds. The third-order valence-electron chi connectivity index (χ3n) is 6.51. The number of carbonyl (C=O) groups is 1. The molecule has 2 aromatic carbocycles. The Morgan fingerprint density at radius 1 is 0.854 bits per heavy atom. The van der Waals surface area contributed by atoms with Crippen LogP contribution in [0, 0.1) is 5.82 Å². The van der Waals surface area contributed by atoms with Crippen LogP contribution in [-0.4, -0.2) is 66.4 Å². The second-order valence-electron chi connectivity index (χ2n) is 9.74. The number of aromatic nitrogens is 3. The van der Waals surface area contributed by atoms with Crippen molar-refractivity contribution in [3.05, 3.63) is 65.5 Å². The second kappa shape index (κ2) is 16.4. The zero-order valence-electron chi connectivity index (χ0n) is 23.2. The van der Waals surface area contributed by atoms with Crippen LogP contribution >= 0.6 is 0 Å². The van der Waals surface area contributed by atoms with Gasteiger partial charge in [0.05, 0.1) is 26.4 Å². The molecule has 1 aromatic heterocycles. The molecule has 0 radical (unpaired) electrons. The van der Waals surface area contributed by atoms with Gasteiger partial charge in [0.15, 0.2) is 0 Å². The van der Waals surface area contributed by atoms with Crippen molar-refractivity contribution >= 4 is 29.4 Å². The molecular weight excluding hydrogens is 527 g/mol. The molecule has 0 aliphatic heterocycles. The first-order chi connectivity index (χ1) is 20.1. The van der Waals surface area contributed by atoms with Gasteiger partial charge in [-0.3, -0.25) is 4.79 Å². The molecule has 3 aromatic rings. The Balaban J connectivity index is 1.34. The molecule has 4 rings (SSSR count). The molecule has 6 N–H and O–H groups in total. The van der Waals surface area contributed by atoms with Crippen LogP contribution in [0.25, 0.3) is 0 Å². The summed E-state index contributed by atoms with van der Waals surface area (Å²) in [7, 11) is 0. The highest BCUT2D eigenvalue weighted by molar-refractivity contribution is 5.94. The molecule has 1 saturated carbocycles. The van der Waals surface area contributed by atoms with Crippen molar-refractivity contribution < 1.29 is 18.7 Å². The van der Waals surface area contributed by atoms with Gasteiger partial charge >= 0.3 is 0 Å². The number of hydrogen-bond donors (Lipinski definition) is 5. The summed E-state index contributed by atoms with van der Waals surface area (Å²) in [5, 5.41) is 12.7. The van der Waals surface area contributed by atoms with Gasteiger partial charge in [0.1, 0.15) is 5.82 Å². The van der Waals surface area contributed by atoms with Gasteiger partial charge in [-0.2, -0.15) is 15.0 Å². The van der Waals surface area contributed by atoms with Gasteiger partial charge in [-0.1, -0.05) is 31.4 Å². The summed E-state index contributed by atoms with van der Waals surface area (Å²) in [6.07, 6.45) is 5.76. The largest absolute Gasteiger partial charge is 0.378 e. The van der Waals surface area contributed by atoms with Crippen molar-refractivity contribution in [3.63, 3.8) is 0 Å². The molecule has 1 fully saturated rings. The number of anilines is 4. The lowest BCUT2D eigenvalue weighted by Gasteiger charge is -2.23. The van der Waals surface area contributed by atoms with Crippen LogP contribution in [0.1, 0.15) is 48.0 Å². The Bertz CT molecular complexity index is 1210. The zero-order valence-corrected chi connectivity index (χ0v) is 23.2. The maximum Gasteiger partial charge on any atom is 0.251 e. The van der Waals surface area contributed by atoms with Crippen LogP contribution in [0.4, 0.5) is 27.9 Å². The van der Waals surface area contributed by atoms with E-state index in [2.05, 4.69) is 36.2 Å². The molecular formula is C29H39FN8O3. The SMILES string of the molecule is NCCOCCOCCNC(=O)c1ccc(Nc2nc(NCc3ccc(F)cc3)nc(NC3CCCCC3)n2)cc1. The Kier molecular flexibility index (Phi) is 12.0. The third kappa shape index (κ3) is 10.6. The van der Waals surface area contributed by atoms with Crippen LogP contribution in [0.3, 0.4) is 0 Å². The normalized spacial score (nSPS) is 13.5. The molecule has 1 aliphatic rings. The fraction of sp³-hybridized carbons (Fsp3) is 0.448. The Morgan fingerprint density at radius 3 is 2.27 bits per heavy atom. The average molecular weight is 567 g/mol. The summed E-state index contributed by atoms with van der Waals surface area (Å²) in [6.45, 7) is 3.14. The number of ether oxygens (including phenoxy) is 2. The molecule has 1 aliphatic carbocycles. The lowest BCUT2D eigenvalue weighted by molar-refractivity contribution is 0.0511. The summed E-state index contributed by atoms with van der Waals surface area (Å²) < 4.78 is 23.9. The Morgan fingerprint density at radius 2 is 1.54 bits per heavy atom. The van der Waals surface area contributed by atoms with E-state index in [4.69, 9.17) is 15.2 Å². The number of nitrogens with zero attached hydrogens (tertiary/aromatic N) is 3. The van der Waals surface area contributed by atoms with E-state index in [0.717, 1.165) is 24.1 Å². The topological polar surface area (TPSA) is 148 Å². The lowest BCUT2D eigenvalue weighted by Crippen LogP contribution is -2.27. The van der Waals surface area contributed by atoms with Gasteiger partial charge in [0.2, 0.25) is 17.8 Å². The second-order valence-corrected chi connectivity index (χ2v) is 9.74. The fourth-order valence-electron chi connectivity index (χ4n) is 4.37. The van der Waals surface area contributed by atoms with E-state index in [1.807, 2.05) is 0 Å². The molecule has 220 valence electrons. The highest BCUT2D eigenvalue weighted by atomic mass is 19.1. The highest BCUT2D eigenvalue weighted by Gasteiger charge is 2.16. The minimum atomic E-state index is -0.280. The van der Waals surface area contributed by atoms with Crippen LogP contribution in [-0.2, 0) is 16.0 Å². The number of halogens is 1. The molecule has 0 spiro atoms. The number of rotatable bonds is 16. The molecule has 12 heteroatoms. The molecule has 0 unspecified atom stereocenters. The van der Waals surface area contributed by atoms with Crippen molar-refractivity contribution in [1.82, 2.24) is 20.3 Å². The first-order valence-electron chi connectivity index (χ1n) is 14.1. The average Bonchev–Trinajstić information content (AvgIpc) is 2.99. The molecule has 11 nitrogen and oxygen atoms in total. The fourth-order valence-corrected chi connectivity index (χ4v) is 4.37. The molecule has 1 heterocycles. The summed E-state index contributed by atoms with van der Waals surface area (Å²) in [4.78, 5) is 26.2. The molecule has 0 atom stereocenters. The van der Waals surface area contributed by atoms with Gasteiger partial charge in [0, 0.05) is 36.9 Å². The van der Waals surface area contributed by atoms with E-state index in [1.165, 1.54) is 31.4 Å². The van der Waals surface area contributed by atoms with Gasteiger partial charge in [-0.25, -0.2) is 4.39 Å². The first-order valence-corrected chi connectivity index (χ1v) is 14.1. The maximum absolute atomic E-state index is 13.3. The van der Waals surface area contributed by atoms with Crippen LogP contribution < -0.4 is 27.0 Å². The number of nitrogens with one attached hydrogen (secondary N) is 4. The smallest absolute Gasteiger partial charge is 0.251 e. The molecule has 0 saturated heterocycles. The van der Waals surface area contributed by atoms with Crippen molar-refractivity contribution in [2.24, 2.45) is 5.73 Å². The van der Waals surface area contributed by atoms with Gasteiger partial charge in [0.25, 0.3) is 5.91 Å². The van der Waals surface area contributed by atoms with Gasteiger partial charge < -0.3 is 36.5 Å². The van der Waals surface area contributed by atoms with Crippen molar-refractivity contribution in [1.29, 1.82) is 0 Å². The standard InChI is InChI=1S/C29H39FN8O3/c30-23-10-6-21(7-11-23)20-33-27-36-28(34-24-4-2-1-3-5-24)38-29(37-27)35-25-12-8-22(9-13-25)26(39)32-15-17-41-19-18-40-16-14-31/h6-13,24H,1-5,14-20,31H2,(H,32,39)(H3,33,34,35,36,37,38). The van der Waals surface area contributed by atoms with Gasteiger partial charge in [-0.15, -0.1) is 0 Å². The zero-order chi connectivity index (χ0) is 28.7. The van der Waals surface area contributed by atoms with E-state index in [9.17, 15) is 9.18 Å². The lowest BCUT2D eigenvalue weighted by atomic mass is 9.96. The third-order valence-corrected chi connectivity index (χ3v) is 6.51. The minimum absolute atomic E-state index is 0.189. The highest BCUT2D eigenvalue weighted by Crippen LogP contribution is 2.22. The summed E-state index contributed by atoms with van der Waals surface area (Å²) in [5.41, 5.74) is 7.52. The summed E-state index contributed by atoms with van der Waals surface area (Å²) in [6, 6.07) is 13.7. The van der Waals surface area contributed by atoms with E-state index >= 15 is 0 Å². The Hall–Kier alpha value is -3.87. The Labute approximate surface area is 239 Å². The van der Waals surface area contributed by atoms with Crippen LogP contribution in [0.2, 0.25) is 0 Å². The van der Waals surface area contributed by atoms with Crippen LogP contribution in [0.15, 0.2) is 48.5 Å². The van der Waals surface area contributed by atoms with E-state index in [-0.39, 0.29) is 11.7 Å². The van der Waals surface area contributed by atoms with Crippen molar-refractivity contribution in [2.75, 3.05) is 55.5 Å². The van der Waals surface area contributed by atoms with Crippen molar-refractivity contribution in [2.45, 2.75) is 44.7 Å². The summed E-state index contributed by atoms with van der Waals surface area (Å²) in [5.74, 6) is 0.780. The molecule has 41 heavy (non-hydrogen) atoms. The number of hydrogen-bond acceptors (Lipinski definition) is 10. The quantitative estimate of drug-likeness (QED) is 0.162. The summed E-state index contributed by atoms with van der Waals surface area (Å²) >= 11 is 0. The van der Waals surface area contributed by atoms with E-state index in [1.54, 1.807) is 36.4 Å². The predicted molar refractivity (Wildman–Crippen MR) is 157 cm³/mol. The number of nitrogens with two attached hydrogens (primary N) is 1. The minimum Gasteiger partial charge on any atom is -0.378 e. The van der Waals surface area contributed by atoms with E-state index in [0.29, 0.717) is 75.5 Å². The number of amides is 1. The van der Waals surface area contributed by atoms with Crippen LogP contribution in [0.5, 0.6) is 0 Å². The molecule has 0 bridgehead atoms. The monoisotopic (exact) mass is 566 g/mol. The number of benzene rings is 2. The van der Waals surface area contributed by atoms with Crippen molar-refractivity contribution in [3.8, 4) is 0 Å². The van der Waals surface area contributed by atoms with Gasteiger partial charge in [-0.05, 0) is 54.8 Å². The maximum atomic E-state index is 13.3. The first kappa shape index (κ1) is 30.1. The predicted octanol–water partition coefficient (Wildman–Crippen LogP) is 3.83.